The van der Waals surface area contributed by atoms with Crippen molar-refractivity contribution in [3.05, 3.63) is 11.6 Å². The van der Waals surface area contributed by atoms with Crippen LogP contribution in [0.5, 0.6) is 0 Å². The predicted octanol–water partition coefficient (Wildman–Crippen LogP) is 2.92. The Morgan fingerprint density at radius 1 is 1.29 bits per heavy atom. The van der Waals surface area contributed by atoms with E-state index in [1.807, 2.05) is 6.08 Å². The van der Waals surface area contributed by atoms with Crippen molar-refractivity contribution in [1.82, 2.24) is 0 Å². The smallest absolute Gasteiger partial charge is 0.333 e. The van der Waals surface area contributed by atoms with Gasteiger partial charge in [-0.05, 0) is 24.7 Å². The molecule has 3 aliphatic rings. The van der Waals surface area contributed by atoms with Crippen molar-refractivity contribution in [2.75, 3.05) is 7.11 Å². The van der Waals surface area contributed by atoms with Crippen LogP contribution in [0.2, 0.25) is 0 Å². The van der Waals surface area contributed by atoms with E-state index in [9.17, 15) is 4.79 Å². The second kappa shape index (κ2) is 5.10. The summed E-state index contributed by atoms with van der Waals surface area (Å²) in [4.78, 5) is 11.8. The molecule has 2 fully saturated rings. The van der Waals surface area contributed by atoms with Gasteiger partial charge in [0.1, 0.15) is 0 Å². The summed E-state index contributed by atoms with van der Waals surface area (Å²) < 4.78 is 17.7. The molecule has 0 radical (unpaired) electrons. The summed E-state index contributed by atoms with van der Waals surface area (Å²) in [6, 6.07) is 0. The van der Waals surface area contributed by atoms with Crippen LogP contribution in [0.1, 0.15) is 40.5 Å². The molecular weight excluding hydrogens is 268 g/mol. The van der Waals surface area contributed by atoms with Crippen molar-refractivity contribution in [1.29, 1.82) is 0 Å². The van der Waals surface area contributed by atoms with Crippen LogP contribution in [-0.4, -0.2) is 31.1 Å². The van der Waals surface area contributed by atoms with E-state index in [-0.39, 0.29) is 24.1 Å². The summed E-state index contributed by atoms with van der Waals surface area (Å²) in [6.07, 6.45) is 4.02. The van der Waals surface area contributed by atoms with E-state index in [4.69, 9.17) is 14.2 Å². The average Bonchev–Trinajstić information content (AvgIpc) is 3.06. The van der Waals surface area contributed by atoms with Crippen molar-refractivity contribution in [3.63, 3.8) is 0 Å². The lowest BCUT2D eigenvalue weighted by molar-refractivity contribution is -0.240. The first kappa shape index (κ1) is 15.0. The minimum absolute atomic E-state index is 0.109. The molecule has 0 amide bonds. The molecule has 4 atom stereocenters. The first-order valence-corrected chi connectivity index (χ1v) is 8.04. The molecule has 4 heteroatoms. The standard InChI is InChI=1S/C17H26O4/c1-9(2)17(10(3)4)20-14-8-13-11(15(14)21-17)6-7-12(13)16(18)19-5/h7,9-11,13-15H,6,8H2,1-5H3/t11-,13-,14+,15-/m1/s1. The number of methoxy groups -OCH3 is 1. The molecule has 0 N–H and O–H groups in total. The lowest BCUT2D eigenvalue weighted by Gasteiger charge is -2.37. The number of hydrogen-bond donors (Lipinski definition) is 0. The van der Waals surface area contributed by atoms with E-state index in [1.54, 1.807) is 0 Å². The monoisotopic (exact) mass is 294 g/mol. The van der Waals surface area contributed by atoms with E-state index >= 15 is 0 Å². The van der Waals surface area contributed by atoms with Gasteiger partial charge in [-0.3, -0.25) is 0 Å². The minimum Gasteiger partial charge on any atom is -0.466 e. The van der Waals surface area contributed by atoms with Gasteiger partial charge in [-0.15, -0.1) is 0 Å². The molecule has 1 saturated heterocycles. The van der Waals surface area contributed by atoms with Crippen LogP contribution >= 0.6 is 0 Å². The number of rotatable bonds is 3. The lowest BCUT2D eigenvalue weighted by atomic mass is 9.90. The topological polar surface area (TPSA) is 44.8 Å². The summed E-state index contributed by atoms with van der Waals surface area (Å²) >= 11 is 0. The van der Waals surface area contributed by atoms with Gasteiger partial charge in [0, 0.05) is 17.4 Å². The van der Waals surface area contributed by atoms with Gasteiger partial charge in [0.2, 0.25) is 0 Å². The number of carbonyl (C=O) groups is 1. The Hall–Kier alpha value is -0.870. The van der Waals surface area contributed by atoms with Crippen molar-refractivity contribution < 1.29 is 19.0 Å². The highest BCUT2D eigenvalue weighted by Crippen LogP contribution is 2.54. The van der Waals surface area contributed by atoms with Gasteiger partial charge in [0.25, 0.3) is 0 Å². The molecular formula is C17H26O4. The Kier molecular flexibility index (Phi) is 3.65. The third-order valence-electron chi connectivity index (χ3n) is 5.49. The summed E-state index contributed by atoms with van der Waals surface area (Å²) in [5.74, 6) is 0.565. The maximum Gasteiger partial charge on any atom is 0.333 e. The predicted molar refractivity (Wildman–Crippen MR) is 78.5 cm³/mol. The number of fused-ring (bicyclic) bond motifs is 3. The molecule has 1 aliphatic heterocycles. The fourth-order valence-corrected chi connectivity index (χ4v) is 4.45. The normalized spacial score (nSPS) is 36.8. The zero-order valence-corrected chi connectivity index (χ0v) is 13.6. The summed E-state index contributed by atoms with van der Waals surface area (Å²) in [5, 5.41) is 0. The van der Waals surface area contributed by atoms with Crippen molar-refractivity contribution in [3.8, 4) is 0 Å². The highest BCUT2D eigenvalue weighted by atomic mass is 16.8. The minimum atomic E-state index is -0.478. The molecule has 0 unspecified atom stereocenters. The maximum atomic E-state index is 11.8. The fourth-order valence-electron chi connectivity index (χ4n) is 4.45. The third kappa shape index (κ3) is 2.07. The molecule has 21 heavy (non-hydrogen) atoms. The van der Waals surface area contributed by atoms with E-state index in [2.05, 4.69) is 27.7 Å². The van der Waals surface area contributed by atoms with Gasteiger partial charge in [-0.1, -0.05) is 33.8 Å². The van der Waals surface area contributed by atoms with Crippen molar-refractivity contribution in [2.45, 2.75) is 58.5 Å². The van der Waals surface area contributed by atoms with Crippen molar-refractivity contribution >= 4 is 5.97 Å². The van der Waals surface area contributed by atoms with Gasteiger partial charge in [0.15, 0.2) is 5.79 Å². The van der Waals surface area contributed by atoms with Crippen LogP contribution in [0.3, 0.4) is 0 Å². The second-order valence-corrected chi connectivity index (χ2v) is 7.16. The van der Waals surface area contributed by atoms with Gasteiger partial charge in [-0.25, -0.2) is 4.79 Å². The number of esters is 1. The third-order valence-corrected chi connectivity index (χ3v) is 5.49. The zero-order chi connectivity index (χ0) is 15.4. The van der Waals surface area contributed by atoms with Crippen LogP contribution < -0.4 is 0 Å². The number of hydrogen-bond acceptors (Lipinski definition) is 4. The Balaban J connectivity index is 1.78. The van der Waals surface area contributed by atoms with E-state index in [0.717, 1.165) is 18.4 Å². The average molecular weight is 294 g/mol. The van der Waals surface area contributed by atoms with E-state index in [1.165, 1.54) is 7.11 Å². The maximum absolute atomic E-state index is 11.8. The Morgan fingerprint density at radius 3 is 2.52 bits per heavy atom. The number of carbonyl (C=O) groups excluding carboxylic acids is 1. The molecule has 1 saturated carbocycles. The first-order chi connectivity index (χ1) is 9.90. The fraction of sp³-hybridized carbons (Fsp3) is 0.824. The van der Waals surface area contributed by atoms with Crippen molar-refractivity contribution in [2.24, 2.45) is 23.7 Å². The molecule has 2 aliphatic carbocycles. The van der Waals surface area contributed by atoms with Crippen LogP contribution in [-0.2, 0) is 19.0 Å². The largest absolute Gasteiger partial charge is 0.466 e. The van der Waals surface area contributed by atoms with Crippen LogP contribution in [0.25, 0.3) is 0 Å². The number of ether oxygens (including phenoxy) is 3. The first-order valence-electron chi connectivity index (χ1n) is 8.04. The summed E-state index contributed by atoms with van der Waals surface area (Å²) in [5.41, 5.74) is 0.823. The summed E-state index contributed by atoms with van der Waals surface area (Å²) in [7, 11) is 1.45. The number of allylic oxidation sites excluding steroid dienone is 1. The Labute approximate surface area is 126 Å². The molecule has 3 rings (SSSR count). The Bertz CT molecular complexity index is 457. The molecule has 118 valence electrons. The SMILES string of the molecule is COC(=O)C1=CC[C@H]2[C@H]3OC(C(C)C)(C(C)C)O[C@H]3C[C@@H]12. The molecule has 0 bridgehead atoms. The van der Waals surface area contributed by atoms with Crippen LogP contribution in [0.4, 0.5) is 0 Å². The highest BCUT2D eigenvalue weighted by Gasteiger charge is 2.60. The molecule has 0 aromatic rings. The molecule has 0 aromatic heterocycles. The van der Waals surface area contributed by atoms with E-state index < -0.39 is 5.79 Å². The van der Waals surface area contributed by atoms with Crippen LogP contribution in [0, 0.1) is 23.7 Å². The second-order valence-electron chi connectivity index (χ2n) is 7.16. The van der Waals surface area contributed by atoms with Gasteiger partial charge in [0.05, 0.1) is 19.3 Å². The lowest BCUT2D eigenvalue weighted by Crippen LogP contribution is -2.43. The molecule has 1 heterocycles. The highest BCUT2D eigenvalue weighted by molar-refractivity contribution is 5.89. The zero-order valence-electron chi connectivity index (χ0n) is 13.6. The molecule has 0 spiro atoms. The van der Waals surface area contributed by atoms with Gasteiger partial charge < -0.3 is 14.2 Å². The summed E-state index contributed by atoms with van der Waals surface area (Å²) in [6.45, 7) is 8.63. The van der Waals surface area contributed by atoms with E-state index in [0.29, 0.717) is 17.8 Å². The van der Waals surface area contributed by atoms with Crippen LogP contribution in [0.15, 0.2) is 11.6 Å². The quantitative estimate of drug-likeness (QED) is 0.751. The van der Waals surface area contributed by atoms with Gasteiger partial charge >= 0.3 is 5.97 Å². The Morgan fingerprint density at radius 2 is 1.95 bits per heavy atom. The molecule has 0 aromatic carbocycles. The molecule has 4 nitrogen and oxygen atoms in total. The van der Waals surface area contributed by atoms with Gasteiger partial charge in [-0.2, -0.15) is 0 Å².